The van der Waals surface area contributed by atoms with Crippen LogP contribution in [0.2, 0.25) is 5.02 Å². The first-order valence-electron chi connectivity index (χ1n) is 8.19. The highest BCUT2D eigenvalue weighted by molar-refractivity contribution is 6.33. The molecule has 0 radical (unpaired) electrons. The zero-order valence-corrected chi connectivity index (χ0v) is 14.8. The van der Waals surface area contributed by atoms with Crippen molar-refractivity contribution in [3.05, 3.63) is 47.0 Å². The Bertz CT molecular complexity index is 608. The van der Waals surface area contributed by atoms with E-state index in [1.54, 1.807) is 24.3 Å². The molecule has 0 bridgehead atoms. The molecule has 0 saturated heterocycles. The lowest BCUT2D eigenvalue weighted by atomic mass is 10.0. The van der Waals surface area contributed by atoms with Crippen molar-refractivity contribution in [2.75, 3.05) is 26.2 Å². The monoisotopic (exact) mass is 349 g/mol. The molecule has 0 aromatic heterocycles. The Morgan fingerprint density at radius 2 is 1.88 bits per heavy atom. The van der Waals surface area contributed by atoms with Crippen molar-refractivity contribution < 1.29 is 9.59 Å². The van der Waals surface area contributed by atoms with Crippen molar-refractivity contribution in [3.8, 4) is 0 Å². The van der Waals surface area contributed by atoms with E-state index >= 15 is 0 Å². The van der Waals surface area contributed by atoms with Crippen molar-refractivity contribution in [1.29, 1.82) is 0 Å². The van der Waals surface area contributed by atoms with Crippen LogP contribution in [0, 0.1) is 5.92 Å². The molecule has 0 fully saturated rings. The molecule has 2 N–H and O–H groups in total. The van der Waals surface area contributed by atoms with Gasteiger partial charge in [-0.2, -0.15) is 0 Å². The summed E-state index contributed by atoms with van der Waals surface area (Å²) >= 11 is 6.05. The van der Waals surface area contributed by atoms with Gasteiger partial charge in [0, 0.05) is 26.2 Å². The first kappa shape index (κ1) is 18.5. The number of amides is 2. The van der Waals surface area contributed by atoms with E-state index in [1.165, 1.54) is 0 Å². The molecule has 6 heteroatoms. The summed E-state index contributed by atoms with van der Waals surface area (Å²) in [5.41, 5.74) is 0.376. The number of rotatable bonds is 7. The largest absolute Gasteiger partial charge is 0.353 e. The molecule has 130 valence electrons. The smallest absolute Gasteiger partial charge is 0.253 e. The molecule has 1 aliphatic rings. The number of halogens is 1. The lowest BCUT2D eigenvalue weighted by Crippen LogP contribution is -2.50. The van der Waals surface area contributed by atoms with Crippen LogP contribution in [-0.2, 0) is 4.79 Å². The fourth-order valence-corrected chi connectivity index (χ4v) is 2.77. The molecule has 5 nitrogen and oxygen atoms in total. The van der Waals surface area contributed by atoms with Gasteiger partial charge in [0.25, 0.3) is 5.91 Å². The summed E-state index contributed by atoms with van der Waals surface area (Å²) < 4.78 is 0. The van der Waals surface area contributed by atoms with Gasteiger partial charge in [-0.05, 0) is 18.1 Å². The Kier molecular flexibility index (Phi) is 6.82. The molecule has 24 heavy (non-hydrogen) atoms. The number of nitrogens with one attached hydrogen (secondary N) is 2. The van der Waals surface area contributed by atoms with Crippen molar-refractivity contribution in [2.45, 2.75) is 19.9 Å². The van der Waals surface area contributed by atoms with Gasteiger partial charge in [0.1, 0.15) is 6.04 Å². The lowest BCUT2D eigenvalue weighted by molar-refractivity contribution is -0.123. The molecule has 1 unspecified atom stereocenters. The van der Waals surface area contributed by atoms with E-state index in [4.69, 9.17) is 11.6 Å². The fraction of sp³-hybridized carbons (Fsp3) is 0.444. The fourth-order valence-electron chi connectivity index (χ4n) is 2.55. The average molecular weight is 350 g/mol. The van der Waals surface area contributed by atoms with Crippen LogP contribution in [0.5, 0.6) is 0 Å². The zero-order chi connectivity index (χ0) is 17.5. The molecule has 1 heterocycles. The topological polar surface area (TPSA) is 61.4 Å². The number of hydrogen-bond acceptors (Lipinski definition) is 3. The summed E-state index contributed by atoms with van der Waals surface area (Å²) in [6.45, 7) is 7.01. The third-order valence-electron chi connectivity index (χ3n) is 3.98. The van der Waals surface area contributed by atoms with Gasteiger partial charge < -0.3 is 10.6 Å². The van der Waals surface area contributed by atoms with Crippen molar-refractivity contribution >= 4 is 23.4 Å². The first-order chi connectivity index (χ1) is 11.5. The van der Waals surface area contributed by atoms with Crippen molar-refractivity contribution in [1.82, 2.24) is 15.5 Å². The molecular weight excluding hydrogens is 326 g/mol. The molecule has 0 aliphatic carbocycles. The summed E-state index contributed by atoms with van der Waals surface area (Å²) in [5.74, 6) is -0.527. The number of carbonyl (C=O) groups excluding carboxylic acids is 2. The molecule has 1 aliphatic heterocycles. The molecule has 1 aromatic carbocycles. The van der Waals surface area contributed by atoms with Gasteiger partial charge in [0.15, 0.2) is 0 Å². The predicted octanol–water partition coefficient (Wildman–Crippen LogP) is 2.08. The molecule has 1 atom stereocenters. The third-order valence-corrected chi connectivity index (χ3v) is 4.30. The minimum atomic E-state index is -0.592. The molecule has 2 amide bonds. The van der Waals surface area contributed by atoms with Gasteiger partial charge in [0.2, 0.25) is 5.91 Å². The number of hydrogen-bond donors (Lipinski definition) is 2. The third kappa shape index (κ3) is 5.08. The summed E-state index contributed by atoms with van der Waals surface area (Å²) in [7, 11) is 0. The van der Waals surface area contributed by atoms with Gasteiger partial charge in [-0.15, -0.1) is 0 Å². The molecule has 0 saturated carbocycles. The summed E-state index contributed by atoms with van der Waals surface area (Å²) in [4.78, 5) is 27.0. The lowest BCUT2D eigenvalue weighted by Gasteiger charge is -2.23. The average Bonchev–Trinajstić information content (AvgIpc) is 3.05. The van der Waals surface area contributed by atoms with E-state index in [1.807, 2.05) is 13.8 Å². The summed E-state index contributed by atoms with van der Waals surface area (Å²) in [6, 6.07) is 6.22. The Morgan fingerprint density at radius 3 is 2.50 bits per heavy atom. The van der Waals surface area contributed by atoms with E-state index < -0.39 is 6.04 Å². The molecule has 1 aromatic rings. The Hall–Kier alpha value is -1.85. The maximum absolute atomic E-state index is 12.4. The maximum atomic E-state index is 12.4. The Labute approximate surface area is 148 Å². The Balaban J connectivity index is 1.89. The highest BCUT2D eigenvalue weighted by Gasteiger charge is 2.25. The molecular formula is C18H24ClN3O2. The number of carbonyl (C=O) groups is 2. The van der Waals surface area contributed by atoms with E-state index in [0.29, 0.717) is 17.1 Å². The highest BCUT2D eigenvalue weighted by atomic mass is 35.5. The Morgan fingerprint density at radius 1 is 1.21 bits per heavy atom. The van der Waals surface area contributed by atoms with E-state index in [9.17, 15) is 9.59 Å². The van der Waals surface area contributed by atoms with Gasteiger partial charge in [-0.25, -0.2) is 0 Å². The molecule has 0 spiro atoms. The second kappa shape index (κ2) is 8.85. The van der Waals surface area contributed by atoms with Crippen LogP contribution in [0.3, 0.4) is 0 Å². The number of nitrogens with zero attached hydrogens (tertiary/aromatic N) is 1. The standard InChI is InChI=1S/C18H24ClN3O2/c1-13(2)16(18(24)20-9-12-22-10-5-6-11-22)21-17(23)14-7-3-4-8-15(14)19/h3-8,13,16H,9-12H2,1-2H3,(H,20,24)(H,21,23). The molecule has 2 rings (SSSR count). The summed E-state index contributed by atoms with van der Waals surface area (Å²) in [5, 5.41) is 6.07. The maximum Gasteiger partial charge on any atom is 0.253 e. The van der Waals surface area contributed by atoms with E-state index in [-0.39, 0.29) is 17.7 Å². The van der Waals surface area contributed by atoms with Gasteiger partial charge in [-0.3, -0.25) is 14.5 Å². The first-order valence-corrected chi connectivity index (χ1v) is 8.57. The van der Waals surface area contributed by atoms with Crippen LogP contribution in [0.4, 0.5) is 0 Å². The highest BCUT2D eigenvalue weighted by Crippen LogP contribution is 2.15. The van der Waals surface area contributed by atoms with Gasteiger partial charge >= 0.3 is 0 Å². The predicted molar refractivity (Wildman–Crippen MR) is 96.1 cm³/mol. The minimum absolute atomic E-state index is 0.0232. The minimum Gasteiger partial charge on any atom is -0.353 e. The second-order valence-corrected chi connectivity index (χ2v) is 6.60. The second-order valence-electron chi connectivity index (χ2n) is 6.20. The van der Waals surface area contributed by atoms with Crippen LogP contribution in [0.1, 0.15) is 24.2 Å². The van der Waals surface area contributed by atoms with Gasteiger partial charge in [0.05, 0.1) is 10.6 Å². The van der Waals surface area contributed by atoms with Crippen LogP contribution >= 0.6 is 11.6 Å². The van der Waals surface area contributed by atoms with Gasteiger partial charge in [-0.1, -0.05) is 49.7 Å². The van der Waals surface area contributed by atoms with Crippen LogP contribution in [0.25, 0.3) is 0 Å². The van der Waals surface area contributed by atoms with Crippen molar-refractivity contribution in [3.63, 3.8) is 0 Å². The zero-order valence-electron chi connectivity index (χ0n) is 14.1. The SMILES string of the molecule is CC(C)C(NC(=O)c1ccccc1Cl)C(=O)NCCN1CC=CC1. The van der Waals surface area contributed by atoms with Crippen molar-refractivity contribution in [2.24, 2.45) is 5.92 Å². The van der Waals surface area contributed by atoms with E-state index in [2.05, 4.69) is 27.7 Å². The van der Waals surface area contributed by atoms with Crippen LogP contribution in [-0.4, -0.2) is 48.9 Å². The van der Waals surface area contributed by atoms with Crippen LogP contribution in [0.15, 0.2) is 36.4 Å². The summed E-state index contributed by atoms with van der Waals surface area (Å²) in [6.07, 6.45) is 4.23. The number of benzene rings is 1. The van der Waals surface area contributed by atoms with Crippen LogP contribution < -0.4 is 10.6 Å². The van der Waals surface area contributed by atoms with E-state index in [0.717, 1.165) is 19.6 Å². The quantitative estimate of drug-likeness (QED) is 0.741. The normalized spacial score (nSPS) is 15.5.